The highest BCUT2D eigenvalue weighted by atomic mass is 32.2. The Bertz CT molecular complexity index is 1060. The number of carbonyl (C=O) groups excluding carboxylic acids is 1. The molecule has 154 valence electrons. The summed E-state index contributed by atoms with van der Waals surface area (Å²) in [5.41, 5.74) is 0.877. The van der Waals surface area contributed by atoms with Gasteiger partial charge in [0.05, 0.1) is 28.8 Å². The molecular weight excluding hydrogens is 410 g/mol. The lowest BCUT2D eigenvalue weighted by Gasteiger charge is -2.21. The summed E-state index contributed by atoms with van der Waals surface area (Å²) in [6, 6.07) is 12.8. The van der Waals surface area contributed by atoms with Crippen LogP contribution in [0, 0.1) is 5.92 Å². The number of fused-ring (bicyclic) bond motifs is 1. The van der Waals surface area contributed by atoms with Crippen LogP contribution in [-0.4, -0.2) is 32.5 Å². The monoisotopic (exact) mass is 433 g/mol. The van der Waals surface area contributed by atoms with Crippen molar-refractivity contribution in [3.63, 3.8) is 0 Å². The molecule has 1 amide bonds. The Labute approximate surface area is 174 Å². The van der Waals surface area contributed by atoms with Gasteiger partial charge in [-0.1, -0.05) is 26.0 Å². The number of benzene rings is 2. The van der Waals surface area contributed by atoms with Gasteiger partial charge in [0.25, 0.3) is 0 Å². The number of amides is 1. The molecule has 1 heterocycles. The lowest BCUT2D eigenvalue weighted by atomic mass is 10.1. The minimum Gasteiger partial charge on any atom is -0.497 e. The van der Waals surface area contributed by atoms with Crippen LogP contribution in [0.25, 0.3) is 10.2 Å². The van der Waals surface area contributed by atoms with E-state index in [4.69, 9.17) is 4.74 Å². The van der Waals surface area contributed by atoms with E-state index in [0.29, 0.717) is 5.75 Å². The lowest BCUT2D eigenvalue weighted by molar-refractivity contribution is -0.123. The van der Waals surface area contributed by atoms with Gasteiger partial charge in [-0.15, -0.1) is 11.3 Å². The topological polar surface area (TPSA) is 97.4 Å². The predicted octanol–water partition coefficient (Wildman–Crippen LogP) is 2.92. The van der Waals surface area contributed by atoms with Crippen molar-refractivity contribution < 1.29 is 17.9 Å². The quantitative estimate of drug-likeness (QED) is 0.569. The first kappa shape index (κ1) is 21.2. The van der Waals surface area contributed by atoms with Gasteiger partial charge in [0, 0.05) is 0 Å². The average molecular weight is 434 g/mol. The van der Waals surface area contributed by atoms with Crippen molar-refractivity contribution in [2.75, 3.05) is 7.11 Å². The fourth-order valence-electron chi connectivity index (χ4n) is 2.75. The summed E-state index contributed by atoms with van der Waals surface area (Å²) in [6.07, 6.45) is 0. The Morgan fingerprint density at radius 3 is 2.45 bits per heavy atom. The van der Waals surface area contributed by atoms with Crippen molar-refractivity contribution in [1.29, 1.82) is 0 Å². The molecule has 0 aliphatic rings. The third-order valence-corrected chi connectivity index (χ3v) is 6.85. The van der Waals surface area contributed by atoms with Gasteiger partial charge in [-0.05, 0) is 42.3 Å². The van der Waals surface area contributed by atoms with E-state index < -0.39 is 22.0 Å². The van der Waals surface area contributed by atoms with Crippen molar-refractivity contribution in [3.05, 3.63) is 53.5 Å². The van der Waals surface area contributed by atoms with Crippen LogP contribution in [0.5, 0.6) is 5.75 Å². The van der Waals surface area contributed by atoms with E-state index >= 15 is 0 Å². The molecule has 0 fully saturated rings. The first-order valence-electron chi connectivity index (χ1n) is 9.08. The first-order valence-corrected chi connectivity index (χ1v) is 11.4. The van der Waals surface area contributed by atoms with Crippen LogP contribution in [0.3, 0.4) is 0 Å². The summed E-state index contributed by atoms with van der Waals surface area (Å²) in [5.74, 6) is -0.0762. The second-order valence-corrected chi connectivity index (χ2v) is 9.64. The number of rotatable bonds is 8. The molecule has 0 spiro atoms. The van der Waals surface area contributed by atoms with Crippen molar-refractivity contribution in [3.8, 4) is 5.75 Å². The number of aromatic nitrogens is 1. The highest BCUT2D eigenvalue weighted by Gasteiger charge is 2.28. The Kier molecular flexibility index (Phi) is 6.51. The molecule has 3 aromatic rings. The molecule has 3 rings (SSSR count). The van der Waals surface area contributed by atoms with E-state index in [2.05, 4.69) is 15.0 Å². The van der Waals surface area contributed by atoms with Crippen LogP contribution >= 0.6 is 11.3 Å². The number of carbonyl (C=O) groups is 1. The Morgan fingerprint density at radius 2 is 1.83 bits per heavy atom. The van der Waals surface area contributed by atoms with E-state index in [1.165, 1.54) is 30.6 Å². The standard InChI is InChI=1S/C20H23N3O4S2/c1-13(2)19(23-29(25,26)15-10-8-14(27-3)9-11-15)20(24)21-12-18-22-16-6-4-5-7-17(16)28-18/h4-11,13,19,23H,12H2,1-3H3,(H,21,24)/t19-/m0/s1. The Morgan fingerprint density at radius 1 is 1.14 bits per heavy atom. The van der Waals surface area contributed by atoms with Crippen LogP contribution in [0.1, 0.15) is 18.9 Å². The summed E-state index contributed by atoms with van der Waals surface area (Å²) >= 11 is 1.50. The molecule has 0 saturated carbocycles. The van der Waals surface area contributed by atoms with E-state index in [1.54, 1.807) is 26.0 Å². The smallest absolute Gasteiger partial charge is 0.241 e. The van der Waals surface area contributed by atoms with Crippen LogP contribution in [0.15, 0.2) is 53.4 Å². The number of nitrogens with one attached hydrogen (secondary N) is 2. The fourth-order valence-corrected chi connectivity index (χ4v) is 5.00. The van der Waals surface area contributed by atoms with Crippen molar-refractivity contribution >= 4 is 37.5 Å². The molecular formula is C20H23N3O4S2. The number of methoxy groups -OCH3 is 1. The number of para-hydroxylation sites is 1. The number of hydrogen-bond acceptors (Lipinski definition) is 6. The molecule has 0 radical (unpaired) electrons. The summed E-state index contributed by atoms with van der Waals surface area (Å²) < 4.78 is 34.0. The molecule has 1 atom stereocenters. The number of nitrogens with zero attached hydrogens (tertiary/aromatic N) is 1. The van der Waals surface area contributed by atoms with Crippen molar-refractivity contribution in [1.82, 2.24) is 15.0 Å². The van der Waals surface area contributed by atoms with Gasteiger partial charge in [-0.25, -0.2) is 13.4 Å². The molecule has 9 heteroatoms. The van der Waals surface area contributed by atoms with E-state index in [-0.39, 0.29) is 17.4 Å². The zero-order valence-electron chi connectivity index (χ0n) is 16.4. The van der Waals surface area contributed by atoms with Crippen LogP contribution in [0.2, 0.25) is 0 Å². The van der Waals surface area contributed by atoms with Gasteiger partial charge >= 0.3 is 0 Å². The van der Waals surface area contributed by atoms with Crippen LogP contribution in [0.4, 0.5) is 0 Å². The second kappa shape index (κ2) is 8.89. The second-order valence-electron chi connectivity index (χ2n) is 6.81. The zero-order chi connectivity index (χ0) is 21.0. The highest BCUT2D eigenvalue weighted by Crippen LogP contribution is 2.21. The maximum Gasteiger partial charge on any atom is 0.241 e. The number of sulfonamides is 1. The number of thiazole rings is 1. The average Bonchev–Trinajstić information content (AvgIpc) is 3.13. The van der Waals surface area contributed by atoms with Gasteiger partial charge in [0.2, 0.25) is 15.9 Å². The van der Waals surface area contributed by atoms with Crippen LogP contribution in [-0.2, 0) is 21.4 Å². The van der Waals surface area contributed by atoms with Gasteiger partial charge in [0.15, 0.2) is 0 Å². The third kappa shape index (κ3) is 5.11. The van der Waals surface area contributed by atoms with Crippen LogP contribution < -0.4 is 14.8 Å². The fraction of sp³-hybridized carbons (Fsp3) is 0.300. The Balaban J connectivity index is 1.69. The Hall–Kier alpha value is -2.49. The minimum absolute atomic E-state index is 0.0722. The zero-order valence-corrected chi connectivity index (χ0v) is 18.0. The molecule has 0 aliphatic heterocycles. The molecule has 0 aliphatic carbocycles. The summed E-state index contributed by atoms with van der Waals surface area (Å²) in [6.45, 7) is 3.82. The van der Waals surface area contributed by atoms with E-state index in [0.717, 1.165) is 15.2 Å². The van der Waals surface area contributed by atoms with Crippen molar-refractivity contribution in [2.24, 2.45) is 5.92 Å². The lowest BCUT2D eigenvalue weighted by Crippen LogP contribution is -2.49. The van der Waals surface area contributed by atoms with Gasteiger partial charge in [-0.2, -0.15) is 4.72 Å². The van der Waals surface area contributed by atoms with Crippen molar-refractivity contribution in [2.45, 2.75) is 31.3 Å². The maximum absolute atomic E-state index is 12.7. The van der Waals surface area contributed by atoms with Gasteiger partial charge in [-0.3, -0.25) is 4.79 Å². The molecule has 1 aromatic heterocycles. The summed E-state index contributed by atoms with van der Waals surface area (Å²) in [4.78, 5) is 17.3. The molecule has 29 heavy (non-hydrogen) atoms. The molecule has 0 unspecified atom stereocenters. The normalized spacial score (nSPS) is 12.8. The van der Waals surface area contributed by atoms with Gasteiger partial charge in [0.1, 0.15) is 16.8 Å². The molecule has 0 saturated heterocycles. The summed E-state index contributed by atoms with van der Waals surface area (Å²) in [5, 5.41) is 3.56. The largest absolute Gasteiger partial charge is 0.497 e. The van der Waals surface area contributed by atoms with Gasteiger partial charge < -0.3 is 10.1 Å². The minimum atomic E-state index is -3.86. The highest BCUT2D eigenvalue weighted by molar-refractivity contribution is 7.89. The molecule has 0 bridgehead atoms. The third-order valence-electron chi connectivity index (χ3n) is 4.35. The summed E-state index contributed by atoms with van der Waals surface area (Å²) in [7, 11) is -2.35. The number of ether oxygens (including phenoxy) is 1. The molecule has 7 nitrogen and oxygen atoms in total. The number of hydrogen-bond donors (Lipinski definition) is 2. The molecule has 2 aromatic carbocycles. The van der Waals surface area contributed by atoms with E-state index in [9.17, 15) is 13.2 Å². The predicted molar refractivity (Wildman–Crippen MR) is 113 cm³/mol. The SMILES string of the molecule is COc1ccc(S(=O)(=O)N[C@H](C(=O)NCc2nc3ccccc3s2)C(C)C)cc1. The van der Waals surface area contributed by atoms with E-state index in [1.807, 2.05) is 24.3 Å². The molecule has 2 N–H and O–H groups in total. The first-order chi connectivity index (χ1) is 13.8. The maximum atomic E-state index is 12.7.